The topological polar surface area (TPSA) is 63.4 Å². The zero-order valence-corrected chi connectivity index (χ0v) is 14.6. The SMILES string of the molecule is Cc1cc(C(F)(F)F)ccc1N(C(=O)c1ccccc1N)C(=O)C(C)C. The van der Waals surface area contributed by atoms with Gasteiger partial charge in [0.1, 0.15) is 0 Å². The van der Waals surface area contributed by atoms with Crippen molar-refractivity contribution in [2.24, 2.45) is 5.92 Å². The summed E-state index contributed by atoms with van der Waals surface area (Å²) in [6.07, 6.45) is -4.51. The molecule has 2 N–H and O–H groups in total. The molecule has 26 heavy (non-hydrogen) atoms. The molecule has 0 atom stereocenters. The smallest absolute Gasteiger partial charge is 0.398 e. The molecule has 0 aliphatic rings. The minimum Gasteiger partial charge on any atom is -0.398 e. The molecule has 0 heterocycles. The molecular formula is C19H19F3N2O2. The van der Waals surface area contributed by atoms with Crippen LogP contribution in [0.15, 0.2) is 42.5 Å². The van der Waals surface area contributed by atoms with Crippen LogP contribution in [0, 0.1) is 12.8 Å². The quantitative estimate of drug-likeness (QED) is 0.820. The van der Waals surface area contributed by atoms with Crippen molar-refractivity contribution in [3.63, 3.8) is 0 Å². The summed E-state index contributed by atoms with van der Waals surface area (Å²) in [5.41, 5.74) is 5.54. The van der Waals surface area contributed by atoms with E-state index in [1.807, 2.05) is 0 Å². The van der Waals surface area contributed by atoms with Gasteiger partial charge in [0.25, 0.3) is 5.91 Å². The van der Waals surface area contributed by atoms with E-state index in [0.717, 1.165) is 23.1 Å². The predicted molar refractivity (Wildman–Crippen MR) is 93.7 cm³/mol. The maximum Gasteiger partial charge on any atom is 0.416 e. The van der Waals surface area contributed by atoms with Gasteiger partial charge < -0.3 is 5.73 Å². The molecular weight excluding hydrogens is 345 g/mol. The van der Waals surface area contributed by atoms with Gasteiger partial charge in [-0.05, 0) is 42.8 Å². The minimum absolute atomic E-state index is 0.102. The molecule has 2 aromatic rings. The van der Waals surface area contributed by atoms with Crippen molar-refractivity contribution in [3.8, 4) is 0 Å². The van der Waals surface area contributed by atoms with E-state index in [-0.39, 0.29) is 22.5 Å². The van der Waals surface area contributed by atoms with Crippen molar-refractivity contribution in [2.75, 3.05) is 10.6 Å². The van der Waals surface area contributed by atoms with Crippen molar-refractivity contribution in [2.45, 2.75) is 26.9 Å². The Morgan fingerprint density at radius 3 is 2.19 bits per heavy atom. The molecule has 138 valence electrons. The van der Waals surface area contributed by atoms with Gasteiger partial charge in [-0.3, -0.25) is 9.59 Å². The Morgan fingerprint density at radius 1 is 1.08 bits per heavy atom. The number of amides is 2. The van der Waals surface area contributed by atoms with Gasteiger partial charge in [-0.1, -0.05) is 26.0 Å². The van der Waals surface area contributed by atoms with Crippen LogP contribution in [0.4, 0.5) is 24.5 Å². The number of nitrogens with two attached hydrogens (primary N) is 1. The number of para-hydroxylation sites is 1. The highest BCUT2D eigenvalue weighted by molar-refractivity contribution is 6.23. The summed E-state index contributed by atoms with van der Waals surface area (Å²) in [5, 5.41) is 0. The zero-order chi connectivity index (χ0) is 19.6. The summed E-state index contributed by atoms with van der Waals surface area (Å²) in [7, 11) is 0. The van der Waals surface area contributed by atoms with E-state index < -0.39 is 29.5 Å². The van der Waals surface area contributed by atoms with Gasteiger partial charge in [0, 0.05) is 11.6 Å². The van der Waals surface area contributed by atoms with Crippen LogP contribution in [-0.2, 0) is 11.0 Å². The molecule has 0 saturated heterocycles. The molecule has 0 fully saturated rings. The van der Waals surface area contributed by atoms with E-state index in [4.69, 9.17) is 5.73 Å². The molecule has 4 nitrogen and oxygen atoms in total. The average molecular weight is 364 g/mol. The highest BCUT2D eigenvalue weighted by atomic mass is 19.4. The third-order valence-electron chi connectivity index (χ3n) is 3.87. The normalized spacial score (nSPS) is 11.5. The predicted octanol–water partition coefficient (Wildman–Crippen LogP) is 4.43. The molecule has 0 aromatic heterocycles. The first kappa shape index (κ1) is 19.5. The molecule has 2 amide bonds. The van der Waals surface area contributed by atoms with E-state index in [1.54, 1.807) is 26.0 Å². The lowest BCUT2D eigenvalue weighted by molar-refractivity contribution is -0.137. The van der Waals surface area contributed by atoms with Gasteiger partial charge >= 0.3 is 6.18 Å². The van der Waals surface area contributed by atoms with E-state index in [2.05, 4.69) is 0 Å². The van der Waals surface area contributed by atoms with Crippen molar-refractivity contribution in [3.05, 3.63) is 59.2 Å². The molecule has 0 radical (unpaired) electrons. The van der Waals surface area contributed by atoms with Crippen LogP contribution in [-0.4, -0.2) is 11.8 Å². The summed E-state index contributed by atoms with van der Waals surface area (Å²) < 4.78 is 38.7. The fourth-order valence-electron chi connectivity index (χ4n) is 2.48. The van der Waals surface area contributed by atoms with Gasteiger partial charge in [-0.25, -0.2) is 4.90 Å². The van der Waals surface area contributed by atoms with Crippen LogP contribution >= 0.6 is 0 Å². The average Bonchev–Trinajstić information content (AvgIpc) is 2.55. The van der Waals surface area contributed by atoms with Crippen LogP contribution in [0.1, 0.15) is 35.3 Å². The van der Waals surface area contributed by atoms with Crippen LogP contribution in [0.25, 0.3) is 0 Å². The van der Waals surface area contributed by atoms with Crippen LogP contribution in [0.3, 0.4) is 0 Å². The van der Waals surface area contributed by atoms with E-state index in [0.29, 0.717) is 0 Å². The lowest BCUT2D eigenvalue weighted by Crippen LogP contribution is -2.40. The summed E-state index contributed by atoms with van der Waals surface area (Å²) >= 11 is 0. The number of hydrogen-bond donors (Lipinski definition) is 1. The van der Waals surface area contributed by atoms with Crippen molar-refractivity contribution in [1.29, 1.82) is 0 Å². The number of alkyl halides is 3. The Morgan fingerprint density at radius 2 is 1.69 bits per heavy atom. The maximum atomic E-state index is 12.9. The standard InChI is InChI=1S/C19H19F3N2O2/c1-11(2)17(25)24(18(26)14-6-4-5-7-15(14)23)16-9-8-13(10-12(16)3)19(20,21)22/h4-11H,23H2,1-3H3. The monoisotopic (exact) mass is 364 g/mol. The Kier molecular flexibility index (Phi) is 5.39. The molecule has 0 bridgehead atoms. The molecule has 0 spiro atoms. The first-order valence-electron chi connectivity index (χ1n) is 7.94. The molecule has 0 saturated carbocycles. The van der Waals surface area contributed by atoms with E-state index in [1.165, 1.54) is 19.1 Å². The van der Waals surface area contributed by atoms with Crippen molar-refractivity contribution >= 4 is 23.2 Å². The first-order valence-corrected chi connectivity index (χ1v) is 7.94. The summed E-state index contributed by atoms with van der Waals surface area (Å²) in [6.45, 7) is 4.64. The summed E-state index contributed by atoms with van der Waals surface area (Å²) in [5.74, 6) is -1.74. The third-order valence-corrected chi connectivity index (χ3v) is 3.87. The number of imide groups is 1. The zero-order valence-electron chi connectivity index (χ0n) is 14.6. The highest BCUT2D eigenvalue weighted by Crippen LogP contribution is 2.33. The van der Waals surface area contributed by atoms with Crippen molar-refractivity contribution in [1.82, 2.24) is 0 Å². The number of halogens is 3. The number of nitrogen functional groups attached to an aromatic ring is 1. The Labute approximate surface area is 149 Å². The molecule has 0 unspecified atom stereocenters. The summed E-state index contributed by atoms with van der Waals surface area (Å²) in [6, 6.07) is 9.13. The number of nitrogens with zero attached hydrogens (tertiary/aromatic N) is 1. The molecule has 2 rings (SSSR count). The van der Waals surface area contributed by atoms with Crippen molar-refractivity contribution < 1.29 is 22.8 Å². The fourth-order valence-corrected chi connectivity index (χ4v) is 2.48. The van der Waals surface area contributed by atoms with Gasteiger partial charge in [0.2, 0.25) is 5.91 Å². The molecule has 2 aromatic carbocycles. The largest absolute Gasteiger partial charge is 0.416 e. The number of carbonyl (C=O) groups excluding carboxylic acids is 2. The maximum absolute atomic E-state index is 12.9. The number of hydrogen-bond acceptors (Lipinski definition) is 3. The number of carbonyl (C=O) groups is 2. The van der Waals surface area contributed by atoms with Gasteiger partial charge in [0.15, 0.2) is 0 Å². The second-order valence-electron chi connectivity index (χ2n) is 6.22. The minimum atomic E-state index is -4.51. The van der Waals surface area contributed by atoms with Crippen LogP contribution < -0.4 is 10.6 Å². The van der Waals surface area contributed by atoms with Gasteiger partial charge in [-0.15, -0.1) is 0 Å². The summed E-state index contributed by atoms with van der Waals surface area (Å²) in [4.78, 5) is 26.5. The van der Waals surface area contributed by atoms with E-state index in [9.17, 15) is 22.8 Å². The first-order chi connectivity index (χ1) is 12.0. The molecule has 0 aliphatic heterocycles. The Balaban J connectivity index is 2.58. The fraction of sp³-hybridized carbons (Fsp3) is 0.263. The molecule has 7 heteroatoms. The second-order valence-corrected chi connectivity index (χ2v) is 6.22. The lowest BCUT2D eigenvalue weighted by Gasteiger charge is -2.25. The highest BCUT2D eigenvalue weighted by Gasteiger charge is 2.33. The molecule has 0 aliphatic carbocycles. The number of aryl methyl sites for hydroxylation is 1. The van der Waals surface area contributed by atoms with Crippen LogP contribution in [0.2, 0.25) is 0 Å². The third kappa shape index (κ3) is 3.87. The second kappa shape index (κ2) is 7.19. The number of anilines is 2. The Bertz CT molecular complexity index is 845. The number of benzene rings is 2. The lowest BCUT2D eigenvalue weighted by atomic mass is 10.0. The number of rotatable bonds is 3. The van der Waals surface area contributed by atoms with Gasteiger partial charge in [-0.2, -0.15) is 13.2 Å². The Hall–Kier alpha value is -2.83. The van der Waals surface area contributed by atoms with E-state index >= 15 is 0 Å². The van der Waals surface area contributed by atoms with Gasteiger partial charge in [0.05, 0.1) is 16.8 Å². The van der Waals surface area contributed by atoms with Crippen LogP contribution in [0.5, 0.6) is 0 Å².